The smallest absolute Gasteiger partial charge is 0.0629 e. The van der Waals surface area contributed by atoms with E-state index in [0.717, 1.165) is 30.9 Å². The average molecular weight is 213 g/mol. The Morgan fingerprint density at radius 3 is 2.53 bits per heavy atom. The second kappa shape index (κ2) is 5.31. The van der Waals surface area contributed by atoms with Crippen LogP contribution in [-0.2, 0) is 4.74 Å². The third-order valence-corrected chi connectivity index (χ3v) is 3.70. The molecule has 0 bridgehead atoms. The second-order valence-corrected chi connectivity index (χ2v) is 5.85. The van der Waals surface area contributed by atoms with Crippen LogP contribution >= 0.6 is 0 Å². The maximum atomic E-state index is 5.77. The van der Waals surface area contributed by atoms with Gasteiger partial charge in [-0.3, -0.25) is 0 Å². The molecule has 2 N–H and O–H groups in total. The zero-order valence-corrected chi connectivity index (χ0v) is 10.8. The van der Waals surface area contributed by atoms with Crippen LogP contribution in [0.5, 0.6) is 0 Å². The molecule has 0 aromatic rings. The molecule has 2 unspecified atom stereocenters. The number of hydrogen-bond donors (Lipinski definition) is 1. The van der Waals surface area contributed by atoms with Gasteiger partial charge in [0.25, 0.3) is 0 Å². The fourth-order valence-corrected chi connectivity index (χ4v) is 2.95. The molecule has 1 aliphatic heterocycles. The quantitative estimate of drug-likeness (QED) is 0.779. The van der Waals surface area contributed by atoms with Crippen LogP contribution < -0.4 is 5.73 Å². The van der Waals surface area contributed by atoms with Crippen LogP contribution in [0.25, 0.3) is 0 Å². The average Bonchev–Trinajstić information content (AvgIpc) is 2.11. The summed E-state index contributed by atoms with van der Waals surface area (Å²) in [5.41, 5.74) is 5.78. The molecule has 0 spiro atoms. The van der Waals surface area contributed by atoms with Crippen molar-refractivity contribution in [3.05, 3.63) is 0 Å². The number of hydrogen-bond acceptors (Lipinski definition) is 2. The summed E-state index contributed by atoms with van der Waals surface area (Å²) in [7, 11) is 0. The lowest BCUT2D eigenvalue weighted by molar-refractivity contribution is -0.0866. The Bertz CT molecular complexity index is 189. The van der Waals surface area contributed by atoms with Crippen molar-refractivity contribution in [2.24, 2.45) is 23.5 Å². The molecule has 2 nitrogen and oxygen atoms in total. The van der Waals surface area contributed by atoms with Gasteiger partial charge in [-0.05, 0) is 57.4 Å². The molecule has 0 aromatic heterocycles. The van der Waals surface area contributed by atoms with E-state index in [0.29, 0.717) is 0 Å². The van der Waals surface area contributed by atoms with E-state index in [2.05, 4.69) is 27.7 Å². The van der Waals surface area contributed by atoms with E-state index >= 15 is 0 Å². The first-order valence-corrected chi connectivity index (χ1v) is 6.30. The minimum Gasteiger partial charge on any atom is -0.376 e. The van der Waals surface area contributed by atoms with E-state index in [4.69, 9.17) is 10.5 Å². The molecule has 0 aliphatic carbocycles. The summed E-state index contributed by atoms with van der Waals surface area (Å²) in [6.45, 7) is 10.8. The fraction of sp³-hybridized carbons (Fsp3) is 1.00. The van der Waals surface area contributed by atoms with Crippen LogP contribution in [-0.4, -0.2) is 18.8 Å². The highest BCUT2D eigenvalue weighted by Gasteiger charge is 2.34. The summed E-state index contributed by atoms with van der Waals surface area (Å²) < 4.78 is 5.77. The van der Waals surface area contributed by atoms with Gasteiger partial charge in [-0.15, -0.1) is 0 Å². The molecule has 90 valence electrons. The van der Waals surface area contributed by atoms with Gasteiger partial charge in [0.15, 0.2) is 0 Å². The normalized spacial score (nSPS) is 28.0. The Hall–Kier alpha value is -0.0800. The van der Waals surface area contributed by atoms with E-state index in [-0.39, 0.29) is 5.60 Å². The van der Waals surface area contributed by atoms with Crippen molar-refractivity contribution in [3.8, 4) is 0 Å². The van der Waals surface area contributed by atoms with E-state index < -0.39 is 0 Å². The molecule has 0 saturated carbocycles. The van der Waals surface area contributed by atoms with E-state index in [1.807, 2.05) is 0 Å². The number of ether oxygens (including phenoxy) is 1. The molecule has 1 heterocycles. The molecule has 0 radical (unpaired) electrons. The van der Waals surface area contributed by atoms with Crippen molar-refractivity contribution in [2.45, 2.75) is 52.6 Å². The molecule has 1 fully saturated rings. The molecule has 0 aromatic carbocycles. The molecule has 1 aliphatic rings. The lowest BCUT2D eigenvalue weighted by atomic mass is 9.73. The zero-order chi connectivity index (χ0) is 11.5. The molecule has 2 atom stereocenters. The first-order valence-electron chi connectivity index (χ1n) is 6.30. The van der Waals surface area contributed by atoms with Crippen LogP contribution in [0, 0.1) is 17.8 Å². The standard InChI is InChI=1S/C13H27NO/c1-10(2)12(5-7-14)11-6-8-15-13(3,4)9-11/h10-12H,5-9,14H2,1-4H3. The number of nitrogens with two attached hydrogens (primary N) is 1. The molecule has 15 heavy (non-hydrogen) atoms. The summed E-state index contributed by atoms with van der Waals surface area (Å²) in [5.74, 6) is 2.32. The van der Waals surface area contributed by atoms with Gasteiger partial charge < -0.3 is 10.5 Å². The predicted molar refractivity (Wildman–Crippen MR) is 64.8 cm³/mol. The maximum absolute atomic E-state index is 5.77. The Kier molecular flexibility index (Phi) is 4.60. The molecule has 1 rings (SSSR count). The Labute approximate surface area is 94.6 Å². The highest BCUT2D eigenvalue weighted by atomic mass is 16.5. The van der Waals surface area contributed by atoms with E-state index in [1.165, 1.54) is 19.3 Å². The SMILES string of the molecule is CC(C)C(CCN)C1CCOC(C)(C)C1. The second-order valence-electron chi connectivity index (χ2n) is 5.85. The third kappa shape index (κ3) is 3.76. The lowest BCUT2D eigenvalue weighted by Crippen LogP contribution is -2.38. The molecule has 2 heteroatoms. The van der Waals surface area contributed by atoms with Gasteiger partial charge >= 0.3 is 0 Å². The van der Waals surface area contributed by atoms with Crippen molar-refractivity contribution >= 4 is 0 Å². The van der Waals surface area contributed by atoms with Crippen LogP contribution in [0.2, 0.25) is 0 Å². The summed E-state index contributed by atoms with van der Waals surface area (Å²) in [6, 6.07) is 0. The minimum atomic E-state index is 0.0741. The van der Waals surface area contributed by atoms with Crippen molar-refractivity contribution in [1.82, 2.24) is 0 Å². The van der Waals surface area contributed by atoms with Gasteiger partial charge in [0.05, 0.1) is 5.60 Å². The monoisotopic (exact) mass is 213 g/mol. The lowest BCUT2D eigenvalue weighted by Gasteiger charge is -2.40. The van der Waals surface area contributed by atoms with Gasteiger partial charge in [-0.25, -0.2) is 0 Å². The zero-order valence-electron chi connectivity index (χ0n) is 10.8. The van der Waals surface area contributed by atoms with Crippen LogP contribution in [0.15, 0.2) is 0 Å². The van der Waals surface area contributed by atoms with Crippen LogP contribution in [0.1, 0.15) is 47.0 Å². The first kappa shape index (κ1) is 13.0. The first-order chi connectivity index (χ1) is 6.96. The fourth-order valence-electron chi connectivity index (χ4n) is 2.95. The van der Waals surface area contributed by atoms with Gasteiger partial charge in [-0.2, -0.15) is 0 Å². The summed E-state index contributed by atoms with van der Waals surface area (Å²) in [6.07, 6.45) is 3.57. The topological polar surface area (TPSA) is 35.2 Å². The molecule has 1 saturated heterocycles. The molecule has 0 amide bonds. The van der Waals surface area contributed by atoms with Crippen molar-refractivity contribution in [2.75, 3.05) is 13.2 Å². The van der Waals surface area contributed by atoms with Crippen molar-refractivity contribution in [3.63, 3.8) is 0 Å². The highest BCUT2D eigenvalue weighted by Crippen LogP contribution is 2.37. The predicted octanol–water partition coefficient (Wildman–Crippen LogP) is 2.81. The van der Waals surface area contributed by atoms with Crippen molar-refractivity contribution in [1.29, 1.82) is 0 Å². The Morgan fingerprint density at radius 2 is 2.07 bits per heavy atom. The Balaban J connectivity index is 2.59. The largest absolute Gasteiger partial charge is 0.376 e. The Morgan fingerprint density at radius 1 is 1.40 bits per heavy atom. The van der Waals surface area contributed by atoms with E-state index in [1.54, 1.807) is 0 Å². The van der Waals surface area contributed by atoms with Crippen LogP contribution in [0.3, 0.4) is 0 Å². The highest BCUT2D eigenvalue weighted by molar-refractivity contribution is 4.84. The summed E-state index contributed by atoms with van der Waals surface area (Å²) in [4.78, 5) is 0. The minimum absolute atomic E-state index is 0.0741. The summed E-state index contributed by atoms with van der Waals surface area (Å²) >= 11 is 0. The van der Waals surface area contributed by atoms with E-state index in [9.17, 15) is 0 Å². The van der Waals surface area contributed by atoms with Gasteiger partial charge in [0.2, 0.25) is 0 Å². The molecular weight excluding hydrogens is 186 g/mol. The van der Waals surface area contributed by atoms with Gasteiger partial charge in [0.1, 0.15) is 0 Å². The maximum Gasteiger partial charge on any atom is 0.0629 e. The summed E-state index contributed by atoms with van der Waals surface area (Å²) in [5, 5.41) is 0. The van der Waals surface area contributed by atoms with Crippen molar-refractivity contribution < 1.29 is 4.74 Å². The van der Waals surface area contributed by atoms with Gasteiger partial charge in [-0.1, -0.05) is 13.8 Å². The third-order valence-electron chi connectivity index (χ3n) is 3.70. The van der Waals surface area contributed by atoms with Crippen LogP contribution in [0.4, 0.5) is 0 Å². The van der Waals surface area contributed by atoms with Gasteiger partial charge in [0, 0.05) is 6.61 Å². The number of rotatable bonds is 4. The molecular formula is C13H27NO.